The third kappa shape index (κ3) is 3.62. The maximum atomic E-state index is 13.0. The second-order valence-electron chi connectivity index (χ2n) is 7.97. The van der Waals surface area contributed by atoms with Crippen molar-refractivity contribution in [1.29, 1.82) is 0 Å². The molecule has 5 rings (SSSR count). The van der Waals surface area contributed by atoms with Crippen LogP contribution in [0.25, 0.3) is 10.2 Å². The zero-order valence-electron chi connectivity index (χ0n) is 16.7. The van der Waals surface area contributed by atoms with Crippen LogP contribution in [0.15, 0.2) is 48.5 Å². The van der Waals surface area contributed by atoms with E-state index >= 15 is 0 Å². The van der Waals surface area contributed by atoms with Crippen LogP contribution in [-0.2, 0) is 9.59 Å². The fourth-order valence-electron chi connectivity index (χ4n) is 4.45. The number of fused-ring (bicyclic) bond motifs is 1. The Bertz CT molecular complexity index is 1130. The van der Waals surface area contributed by atoms with E-state index < -0.39 is 12.0 Å². The van der Waals surface area contributed by atoms with Gasteiger partial charge in [0.1, 0.15) is 0 Å². The van der Waals surface area contributed by atoms with E-state index in [9.17, 15) is 14.4 Å². The highest BCUT2D eigenvalue weighted by molar-refractivity contribution is 7.18. The van der Waals surface area contributed by atoms with Crippen molar-refractivity contribution in [2.24, 2.45) is 0 Å². The van der Waals surface area contributed by atoms with Crippen molar-refractivity contribution in [2.45, 2.75) is 31.2 Å². The van der Waals surface area contributed by atoms with Gasteiger partial charge in [0, 0.05) is 5.92 Å². The molecule has 31 heavy (non-hydrogen) atoms. The first kappa shape index (κ1) is 19.8. The summed E-state index contributed by atoms with van der Waals surface area (Å²) in [6.07, 6.45) is 1.97. The number of benzene rings is 2. The van der Waals surface area contributed by atoms with Gasteiger partial charge >= 0.3 is 5.97 Å². The first-order chi connectivity index (χ1) is 15.0. The molecule has 0 spiro atoms. The first-order valence-electron chi connectivity index (χ1n) is 10.3. The molecule has 0 saturated carbocycles. The number of aromatic carboxylic acids is 1. The van der Waals surface area contributed by atoms with Crippen LogP contribution in [-0.4, -0.2) is 51.9 Å². The number of nitrogens with zero attached hydrogens (tertiary/aromatic N) is 3. The number of carboxylic acid groups (broad SMARTS) is 1. The third-order valence-corrected chi connectivity index (χ3v) is 7.32. The van der Waals surface area contributed by atoms with E-state index in [1.54, 1.807) is 11.3 Å². The fourth-order valence-corrected chi connectivity index (χ4v) is 5.58. The lowest BCUT2D eigenvalue weighted by Gasteiger charge is -2.34. The second-order valence-corrected chi connectivity index (χ2v) is 9.03. The van der Waals surface area contributed by atoms with Gasteiger partial charge in [0.2, 0.25) is 5.91 Å². The lowest BCUT2D eigenvalue weighted by Crippen LogP contribution is -2.45. The first-order valence-corrected chi connectivity index (χ1v) is 11.1. The minimum atomic E-state index is -1.04. The second kappa shape index (κ2) is 7.86. The molecule has 7 nitrogen and oxygen atoms in total. The number of thiazole rings is 1. The summed E-state index contributed by atoms with van der Waals surface area (Å²) < 4.78 is 1.20. The summed E-state index contributed by atoms with van der Waals surface area (Å²) in [6.45, 7) is 1.49. The molecule has 3 aromatic rings. The van der Waals surface area contributed by atoms with Gasteiger partial charge in [-0.2, -0.15) is 0 Å². The van der Waals surface area contributed by atoms with Crippen LogP contribution < -0.4 is 4.90 Å². The molecule has 0 radical (unpaired) electrons. The summed E-state index contributed by atoms with van der Waals surface area (Å²) in [6, 6.07) is 13.5. The molecule has 2 amide bonds. The van der Waals surface area contributed by atoms with Gasteiger partial charge in [0.15, 0.2) is 0 Å². The third-order valence-electron chi connectivity index (χ3n) is 6.13. The summed E-state index contributed by atoms with van der Waals surface area (Å²) in [5.74, 6) is -1.14. The Kier molecular flexibility index (Phi) is 5.03. The van der Waals surface area contributed by atoms with Gasteiger partial charge in [-0.15, -0.1) is 11.3 Å². The number of piperidine rings is 1. The number of anilines is 1. The largest absolute Gasteiger partial charge is 0.478 e. The van der Waals surface area contributed by atoms with Crippen LogP contribution in [0.2, 0.25) is 0 Å². The number of likely N-dealkylation sites (tertiary alicyclic amines) is 1. The van der Waals surface area contributed by atoms with Gasteiger partial charge < -0.3 is 5.11 Å². The SMILES string of the molecule is O=C(O)c1ccc(N2C(=O)C[C@@H](N3CCC(c4nc5ccccc5s4)CC3)C2=O)cc1. The average Bonchev–Trinajstić information content (AvgIpc) is 3.34. The van der Waals surface area contributed by atoms with Crippen molar-refractivity contribution in [3.8, 4) is 0 Å². The smallest absolute Gasteiger partial charge is 0.335 e. The van der Waals surface area contributed by atoms with Gasteiger partial charge in [0.05, 0.1) is 38.9 Å². The Morgan fingerprint density at radius 1 is 1.03 bits per heavy atom. The molecule has 2 fully saturated rings. The number of imide groups is 1. The number of amides is 2. The minimum Gasteiger partial charge on any atom is -0.478 e. The molecule has 8 heteroatoms. The Hall–Kier alpha value is -3.10. The Morgan fingerprint density at radius 3 is 2.42 bits per heavy atom. The standard InChI is InChI=1S/C23H21N3O4S/c27-20-13-18(22(28)26(20)16-7-5-15(6-8-16)23(29)30)25-11-9-14(10-12-25)21-24-17-3-1-2-4-19(17)31-21/h1-8,14,18H,9-13H2,(H,29,30)/t18-/m1/s1. The van der Waals surface area contributed by atoms with Crippen LogP contribution in [0.4, 0.5) is 5.69 Å². The lowest BCUT2D eigenvalue weighted by molar-refractivity contribution is -0.123. The molecular weight excluding hydrogens is 414 g/mol. The molecule has 1 atom stereocenters. The number of hydrogen-bond donors (Lipinski definition) is 1. The highest BCUT2D eigenvalue weighted by atomic mass is 32.1. The van der Waals surface area contributed by atoms with Crippen LogP contribution in [0.1, 0.15) is 40.5 Å². The van der Waals surface area contributed by atoms with Crippen molar-refractivity contribution in [3.63, 3.8) is 0 Å². The highest BCUT2D eigenvalue weighted by Crippen LogP contribution is 2.35. The van der Waals surface area contributed by atoms with E-state index in [-0.39, 0.29) is 23.8 Å². The van der Waals surface area contributed by atoms with Crippen molar-refractivity contribution >= 4 is 45.0 Å². The van der Waals surface area contributed by atoms with Crippen molar-refractivity contribution in [1.82, 2.24) is 9.88 Å². The van der Waals surface area contributed by atoms with E-state index in [0.717, 1.165) is 36.5 Å². The summed E-state index contributed by atoms with van der Waals surface area (Å²) in [5, 5.41) is 10.2. The van der Waals surface area contributed by atoms with Gasteiger partial charge in [-0.05, 0) is 62.3 Å². The molecule has 1 aromatic heterocycles. The Morgan fingerprint density at radius 2 is 1.74 bits per heavy atom. The summed E-state index contributed by atoms with van der Waals surface area (Å²) in [5.41, 5.74) is 1.58. The number of carbonyl (C=O) groups excluding carboxylic acids is 2. The van der Waals surface area contributed by atoms with Crippen LogP contribution >= 0.6 is 11.3 Å². The molecular formula is C23H21N3O4S. The summed E-state index contributed by atoms with van der Waals surface area (Å²) in [4.78, 5) is 44.8. The molecule has 0 bridgehead atoms. The van der Waals surface area contributed by atoms with Gasteiger partial charge in [-0.3, -0.25) is 14.5 Å². The maximum Gasteiger partial charge on any atom is 0.335 e. The molecule has 2 aromatic carbocycles. The van der Waals surface area contributed by atoms with Crippen LogP contribution in [0, 0.1) is 0 Å². The number of para-hydroxylation sites is 1. The predicted octanol–water partition coefficient (Wildman–Crippen LogP) is 3.51. The van der Waals surface area contributed by atoms with Crippen LogP contribution in [0.5, 0.6) is 0 Å². The highest BCUT2D eigenvalue weighted by Gasteiger charge is 2.43. The predicted molar refractivity (Wildman–Crippen MR) is 117 cm³/mol. The summed E-state index contributed by atoms with van der Waals surface area (Å²) >= 11 is 1.74. The maximum absolute atomic E-state index is 13.0. The van der Waals surface area contributed by atoms with Gasteiger partial charge in [-0.1, -0.05) is 12.1 Å². The minimum absolute atomic E-state index is 0.122. The zero-order chi connectivity index (χ0) is 21.5. The Labute approximate surface area is 182 Å². The monoisotopic (exact) mass is 435 g/mol. The Balaban J connectivity index is 1.26. The van der Waals surface area contributed by atoms with E-state index in [1.165, 1.54) is 33.9 Å². The number of aromatic nitrogens is 1. The number of carboxylic acids is 1. The molecule has 1 N–H and O–H groups in total. The van der Waals surface area contributed by atoms with E-state index in [4.69, 9.17) is 10.1 Å². The average molecular weight is 436 g/mol. The lowest BCUT2D eigenvalue weighted by atomic mass is 9.96. The van der Waals surface area contributed by atoms with E-state index in [1.807, 2.05) is 18.2 Å². The van der Waals surface area contributed by atoms with Gasteiger partial charge in [0.25, 0.3) is 5.91 Å². The quantitative estimate of drug-likeness (QED) is 0.631. The molecule has 0 unspecified atom stereocenters. The topological polar surface area (TPSA) is 90.8 Å². The summed E-state index contributed by atoms with van der Waals surface area (Å²) in [7, 11) is 0. The van der Waals surface area contributed by atoms with Crippen molar-refractivity contribution in [3.05, 3.63) is 59.1 Å². The zero-order valence-corrected chi connectivity index (χ0v) is 17.5. The van der Waals surface area contributed by atoms with Crippen LogP contribution in [0.3, 0.4) is 0 Å². The van der Waals surface area contributed by atoms with E-state index in [2.05, 4.69) is 11.0 Å². The number of carbonyl (C=O) groups is 3. The van der Waals surface area contributed by atoms with Crippen molar-refractivity contribution < 1.29 is 19.5 Å². The molecule has 2 aliphatic rings. The molecule has 2 saturated heterocycles. The normalized spacial score (nSPS) is 20.6. The van der Waals surface area contributed by atoms with Crippen molar-refractivity contribution in [2.75, 3.05) is 18.0 Å². The molecule has 0 aliphatic carbocycles. The van der Waals surface area contributed by atoms with E-state index in [0.29, 0.717) is 11.6 Å². The fraction of sp³-hybridized carbons (Fsp3) is 0.304. The number of hydrogen-bond acceptors (Lipinski definition) is 6. The number of rotatable bonds is 4. The molecule has 158 valence electrons. The van der Waals surface area contributed by atoms with Gasteiger partial charge in [-0.25, -0.2) is 14.7 Å². The molecule has 3 heterocycles. The molecule has 2 aliphatic heterocycles.